The molecule has 4 aromatic rings. The SMILES string of the molecule is O=C(Nc1ccc(-c2cn3ccccc3n2)cc1)c1ccno1. The molecule has 0 saturated carbocycles. The van der Waals surface area contributed by atoms with Crippen LogP contribution in [0, 0.1) is 0 Å². The van der Waals surface area contributed by atoms with Crippen molar-refractivity contribution in [1.82, 2.24) is 14.5 Å². The Balaban J connectivity index is 1.57. The van der Waals surface area contributed by atoms with Gasteiger partial charge >= 0.3 is 0 Å². The van der Waals surface area contributed by atoms with Crippen molar-refractivity contribution in [3.8, 4) is 11.3 Å². The molecule has 0 radical (unpaired) electrons. The summed E-state index contributed by atoms with van der Waals surface area (Å²) in [6, 6.07) is 14.9. The standard InChI is InChI=1S/C17H12N4O2/c22-17(15-8-9-18-23-15)19-13-6-4-12(5-7-13)14-11-21-10-2-1-3-16(21)20-14/h1-11H,(H,19,22). The summed E-state index contributed by atoms with van der Waals surface area (Å²) in [4.78, 5) is 16.5. The maximum Gasteiger partial charge on any atom is 0.294 e. The van der Waals surface area contributed by atoms with E-state index in [0.717, 1.165) is 16.9 Å². The number of rotatable bonds is 3. The van der Waals surface area contributed by atoms with Crippen LogP contribution in [0.4, 0.5) is 5.69 Å². The van der Waals surface area contributed by atoms with Crippen molar-refractivity contribution in [1.29, 1.82) is 0 Å². The first-order chi connectivity index (χ1) is 11.3. The van der Waals surface area contributed by atoms with Crippen molar-refractivity contribution in [3.05, 3.63) is 72.9 Å². The van der Waals surface area contributed by atoms with Crippen LogP contribution < -0.4 is 5.32 Å². The van der Waals surface area contributed by atoms with Gasteiger partial charge in [0.2, 0.25) is 5.76 Å². The lowest BCUT2D eigenvalue weighted by molar-refractivity contribution is 0.0988. The van der Waals surface area contributed by atoms with Crippen molar-refractivity contribution in [2.24, 2.45) is 0 Å². The van der Waals surface area contributed by atoms with Gasteiger partial charge in [0.25, 0.3) is 5.91 Å². The van der Waals surface area contributed by atoms with Crippen LogP contribution in [0.2, 0.25) is 0 Å². The highest BCUT2D eigenvalue weighted by atomic mass is 16.5. The monoisotopic (exact) mass is 304 g/mol. The van der Waals surface area contributed by atoms with Crippen molar-refractivity contribution < 1.29 is 9.32 Å². The molecule has 0 saturated heterocycles. The van der Waals surface area contributed by atoms with Gasteiger partial charge in [-0.2, -0.15) is 0 Å². The topological polar surface area (TPSA) is 72.4 Å². The predicted octanol–water partition coefficient (Wildman–Crippen LogP) is 3.24. The summed E-state index contributed by atoms with van der Waals surface area (Å²) >= 11 is 0. The molecule has 0 fully saturated rings. The lowest BCUT2D eigenvalue weighted by Gasteiger charge is -2.03. The Kier molecular flexibility index (Phi) is 3.12. The van der Waals surface area contributed by atoms with Crippen LogP contribution in [0.5, 0.6) is 0 Å². The summed E-state index contributed by atoms with van der Waals surface area (Å²) in [6.07, 6.45) is 5.36. The van der Waals surface area contributed by atoms with Gasteiger partial charge < -0.3 is 14.2 Å². The maximum atomic E-state index is 11.9. The first-order valence-electron chi connectivity index (χ1n) is 7.06. The number of hydrogen-bond acceptors (Lipinski definition) is 4. The van der Waals surface area contributed by atoms with Gasteiger partial charge in [0.1, 0.15) is 5.65 Å². The van der Waals surface area contributed by atoms with Gasteiger partial charge in [-0.25, -0.2) is 4.98 Å². The Labute approximate surface area is 131 Å². The molecule has 1 aromatic carbocycles. The molecular formula is C17H12N4O2. The van der Waals surface area contributed by atoms with Crippen molar-refractivity contribution in [3.63, 3.8) is 0 Å². The molecule has 6 heteroatoms. The van der Waals surface area contributed by atoms with Gasteiger partial charge in [0.15, 0.2) is 0 Å². The number of nitrogens with zero attached hydrogens (tertiary/aromatic N) is 3. The number of nitrogens with one attached hydrogen (secondary N) is 1. The van der Waals surface area contributed by atoms with E-state index in [-0.39, 0.29) is 11.7 Å². The average Bonchev–Trinajstić information content (AvgIpc) is 3.25. The summed E-state index contributed by atoms with van der Waals surface area (Å²) in [5, 5.41) is 6.26. The third-order valence-electron chi connectivity index (χ3n) is 3.46. The zero-order valence-electron chi connectivity index (χ0n) is 12.0. The van der Waals surface area contributed by atoms with Crippen LogP contribution in [-0.4, -0.2) is 20.4 Å². The maximum absolute atomic E-state index is 11.9. The highest BCUT2D eigenvalue weighted by Gasteiger charge is 2.10. The minimum absolute atomic E-state index is 0.175. The number of fused-ring (bicyclic) bond motifs is 1. The van der Waals surface area contributed by atoms with E-state index in [9.17, 15) is 4.79 Å². The van der Waals surface area contributed by atoms with E-state index in [1.54, 1.807) is 0 Å². The number of benzene rings is 1. The summed E-state index contributed by atoms with van der Waals surface area (Å²) < 4.78 is 6.79. The van der Waals surface area contributed by atoms with E-state index in [2.05, 4.69) is 15.5 Å². The molecule has 112 valence electrons. The second-order valence-electron chi connectivity index (χ2n) is 5.00. The van der Waals surface area contributed by atoms with E-state index in [1.165, 1.54) is 12.3 Å². The molecule has 0 bridgehead atoms. The molecule has 0 atom stereocenters. The van der Waals surface area contributed by atoms with Crippen molar-refractivity contribution in [2.45, 2.75) is 0 Å². The molecule has 0 unspecified atom stereocenters. The highest BCUT2D eigenvalue weighted by Crippen LogP contribution is 2.21. The molecule has 0 aliphatic carbocycles. The third-order valence-corrected chi connectivity index (χ3v) is 3.46. The summed E-state index contributed by atoms with van der Waals surface area (Å²) in [7, 11) is 0. The van der Waals surface area contributed by atoms with Gasteiger partial charge in [0, 0.05) is 29.7 Å². The van der Waals surface area contributed by atoms with Gasteiger partial charge in [-0.3, -0.25) is 4.79 Å². The Morgan fingerprint density at radius 1 is 1.09 bits per heavy atom. The van der Waals surface area contributed by atoms with Crippen LogP contribution in [0.1, 0.15) is 10.6 Å². The lowest BCUT2D eigenvalue weighted by atomic mass is 10.1. The average molecular weight is 304 g/mol. The fraction of sp³-hybridized carbons (Fsp3) is 0. The zero-order chi connectivity index (χ0) is 15.6. The van der Waals surface area contributed by atoms with Gasteiger partial charge in [-0.1, -0.05) is 23.4 Å². The number of carbonyl (C=O) groups is 1. The smallest absolute Gasteiger partial charge is 0.294 e. The third kappa shape index (κ3) is 2.57. The Bertz CT molecular complexity index is 923. The van der Waals surface area contributed by atoms with Crippen LogP contribution in [-0.2, 0) is 0 Å². The van der Waals surface area contributed by atoms with Gasteiger partial charge in [-0.05, 0) is 24.3 Å². The molecule has 3 aromatic heterocycles. The second-order valence-corrected chi connectivity index (χ2v) is 5.00. The van der Waals surface area contributed by atoms with E-state index < -0.39 is 0 Å². The number of imidazole rings is 1. The Morgan fingerprint density at radius 3 is 2.70 bits per heavy atom. The first kappa shape index (κ1) is 13.3. The predicted molar refractivity (Wildman–Crippen MR) is 85.1 cm³/mol. The second kappa shape index (κ2) is 5.42. The van der Waals surface area contributed by atoms with E-state index >= 15 is 0 Å². The lowest BCUT2D eigenvalue weighted by Crippen LogP contribution is -2.10. The van der Waals surface area contributed by atoms with Crippen molar-refractivity contribution in [2.75, 3.05) is 5.32 Å². The molecule has 3 heterocycles. The fourth-order valence-corrected chi connectivity index (χ4v) is 2.32. The van der Waals surface area contributed by atoms with E-state index in [0.29, 0.717) is 5.69 Å². The van der Waals surface area contributed by atoms with E-state index in [1.807, 2.05) is 59.3 Å². The van der Waals surface area contributed by atoms with Crippen molar-refractivity contribution >= 4 is 17.2 Å². The number of carbonyl (C=O) groups excluding carboxylic acids is 1. The summed E-state index contributed by atoms with van der Waals surface area (Å²) in [5.41, 5.74) is 3.43. The molecule has 0 aliphatic heterocycles. The number of anilines is 1. The fourth-order valence-electron chi connectivity index (χ4n) is 2.32. The molecular weight excluding hydrogens is 292 g/mol. The quantitative estimate of drug-likeness (QED) is 0.630. The first-order valence-corrected chi connectivity index (χ1v) is 7.06. The molecule has 0 aliphatic rings. The molecule has 1 amide bonds. The zero-order valence-corrected chi connectivity index (χ0v) is 12.0. The minimum Gasteiger partial charge on any atom is -0.351 e. The van der Waals surface area contributed by atoms with Gasteiger partial charge in [0.05, 0.1) is 11.9 Å². The van der Waals surface area contributed by atoms with Crippen LogP contribution in [0.25, 0.3) is 16.9 Å². The van der Waals surface area contributed by atoms with Crippen LogP contribution in [0.15, 0.2) is 71.6 Å². The molecule has 4 rings (SSSR count). The number of aromatic nitrogens is 3. The molecule has 0 spiro atoms. The number of hydrogen-bond donors (Lipinski definition) is 1. The normalized spacial score (nSPS) is 10.8. The minimum atomic E-state index is -0.331. The highest BCUT2D eigenvalue weighted by molar-refractivity contribution is 6.02. The molecule has 6 nitrogen and oxygen atoms in total. The summed E-state index contributed by atoms with van der Waals surface area (Å²) in [6.45, 7) is 0. The summed E-state index contributed by atoms with van der Waals surface area (Å²) in [5.74, 6) is -0.155. The number of amides is 1. The van der Waals surface area contributed by atoms with E-state index in [4.69, 9.17) is 4.52 Å². The molecule has 23 heavy (non-hydrogen) atoms. The Hall–Kier alpha value is -3.41. The Morgan fingerprint density at radius 2 is 1.96 bits per heavy atom. The largest absolute Gasteiger partial charge is 0.351 e. The van der Waals surface area contributed by atoms with Gasteiger partial charge in [-0.15, -0.1) is 0 Å². The number of pyridine rings is 1. The van der Waals surface area contributed by atoms with Crippen LogP contribution in [0.3, 0.4) is 0 Å². The van der Waals surface area contributed by atoms with Crippen LogP contribution >= 0.6 is 0 Å². The molecule has 1 N–H and O–H groups in total.